The summed E-state index contributed by atoms with van der Waals surface area (Å²) in [6, 6.07) is 2.06. The largest absolute Gasteiger partial charge is 0.320 e. The normalized spacial score (nSPS) is 11.9. The van der Waals surface area contributed by atoms with Crippen LogP contribution in [-0.4, -0.2) is 0 Å². The first-order valence-electron chi connectivity index (χ1n) is 3.29. The van der Waals surface area contributed by atoms with Gasteiger partial charge in [0.15, 0.2) is 0 Å². The quantitative estimate of drug-likeness (QED) is 0.817. The van der Waals surface area contributed by atoms with Crippen molar-refractivity contribution < 1.29 is 0 Å². The monoisotopic (exact) mass is 267 g/mol. The molecule has 0 aliphatic rings. The van der Waals surface area contributed by atoms with Gasteiger partial charge in [-0.2, -0.15) is 0 Å². The minimum absolute atomic E-state index is 0. The lowest BCUT2D eigenvalue weighted by atomic mass is 10.2. The van der Waals surface area contributed by atoms with Crippen molar-refractivity contribution in [1.82, 2.24) is 0 Å². The summed E-state index contributed by atoms with van der Waals surface area (Å²) < 4.78 is 1.16. The molecule has 1 nitrogen and oxygen atoms in total. The highest BCUT2D eigenvalue weighted by molar-refractivity contribution is 9.11. The molecule has 2 N–H and O–H groups in total. The van der Waals surface area contributed by atoms with Crippen LogP contribution in [0.3, 0.4) is 0 Å². The zero-order chi connectivity index (χ0) is 8.43. The van der Waals surface area contributed by atoms with Crippen molar-refractivity contribution in [2.45, 2.75) is 13.0 Å². The van der Waals surface area contributed by atoms with E-state index in [1.807, 2.05) is 0 Å². The molecule has 1 rings (SSSR count). The molecule has 0 aliphatic carbocycles. The van der Waals surface area contributed by atoms with Crippen LogP contribution in [0.5, 0.6) is 0 Å². The molecule has 0 amide bonds. The molecule has 68 valence electrons. The predicted molar refractivity (Wildman–Crippen MR) is 61.1 cm³/mol. The molecular formula is C8H11BrClNS. The van der Waals surface area contributed by atoms with E-state index in [0.717, 1.165) is 8.66 Å². The lowest BCUT2D eigenvalue weighted by Crippen LogP contribution is -2.03. The number of rotatable bonds is 2. The SMILES string of the molecule is C=C[C@@H](N)c1cc(C)c(Br)s1.Cl. The van der Waals surface area contributed by atoms with E-state index < -0.39 is 0 Å². The van der Waals surface area contributed by atoms with Crippen LogP contribution in [0.15, 0.2) is 22.5 Å². The number of halogens is 2. The van der Waals surface area contributed by atoms with Crippen LogP contribution in [0.2, 0.25) is 0 Å². The van der Waals surface area contributed by atoms with Gasteiger partial charge in [-0.05, 0) is 34.5 Å². The van der Waals surface area contributed by atoms with Crippen LogP contribution < -0.4 is 5.73 Å². The average Bonchev–Trinajstić information content (AvgIpc) is 2.31. The van der Waals surface area contributed by atoms with E-state index in [-0.39, 0.29) is 18.4 Å². The molecule has 12 heavy (non-hydrogen) atoms. The average molecular weight is 269 g/mol. The van der Waals surface area contributed by atoms with Crippen molar-refractivity contribution in [3.05, 3.63) is 32.9 Å². The molecule has 4 heteroatoms. The second-order valence-electron chi connectivity index (χ2n) is 2.37. The summed E-state index contributed by atoms with van der Waals surface area (Å²) in [4.78, 5) is 1.16. The first-order chi connectivity index (χ1) is 5.15. The van der Waals surface area contributed by atoms with Crippen molar-refractivity contribution in [2.75, 3.05) is 0 Å². The van der Waals surface area contributed by atoms with Gasteiger partial charge in [-0.25, -0.2) is 0 Å². The lowest BCUT2D eigenvalue weighted by molar-refractivity contribution is 0.939. The van der Waals surface area contributed by atoms with Crippen molar-refractivity contribution in [2.24, 2.45) is 5.73 Å². The smallest absolute Gasteiger partial charge is 0.0731 e. The molecule has 0 unspecified atom stereocenters. The minimum Gasteiger partial charge on any atom is -0.320 e. The van der Waals surface area contributed by atoms with E-state index >= 15 is 0 Å². The van der Waals surface area contributed by atoms with Gasteiger partial charge in [0.1, 0.15) is 0 Å². The topological polar surface area (TPSA) is 26.0 Å². The summed E-state index contributed by atoms with van der Waals surface area (Å²) in [5.74, 6) is 0. The van der Waals surface area contributed by atoms with Crippen LogP contribution >= 0.6 is 39.7 Å². The summed E-state index contributed by atoms with van der Waals surface area (Å²) in [6.07, 6.45) is 1.75. The van der Waals surface area contributed by atoms with Gasteiger partial charge in [0.25, 0.3) is 0 Å². The fourth-order valence-electron chi connectivity index (χ4n) is 0.764. The summed E-state index contributed by atoms with van der Waals surface area (Å²) >= 11 is 5.11. The molecule has 0 fully saturated rings. The zero-order valence-electron chi connectivity index (χ0n) is 6.71. The molecule has 0 aliphatic heterocycles. The number of hydrogen-bond donors (Lipinski definition) is 1. The third-order valence-corrected chi connectivity index (χ3v) is 3.70. The molecule has 1 heterocycles. The fourth-order valence-corrected chi connectivity index (χ4v) is 2.33. The summed E-state index contributed by atoms with van der Waals surface area (Å²) in [6.45, 7) is 5.70. The van der Waals surface area contributed by atoms with Crippen LogP contribution in [0.25, 0.3) is 0 Å². The maximum absolute atomic E-state index is 5.75. The molecule has 1 aromatic heterocycles. The second-order valence-corrected chi connectivity index (χ2v) is 4.77. The standard InChI is InChI=1S/C8H10BrNS.ClH/c1-3-6(10)7-4-5(2)8(9)11-7;/h3-4,6H,1,10H2,2H3;1H/t6-;/m1./s1. The van der Waals surface area contributed by atoms with E-state index in [9.17, 15) is 0 Å². The van der Waals surface area contributed by atoms with Gasteiger partial charge in [0, 0.05) is 4.88 Å². The Hall–Kier alpha value is 0.170. The van der Waals surface area contributed by atoms with E-state index in [0.29, 0.717) is 0 Å². The summed E-state index contributed by atoms with van der Waals surface area (Å²) in [5.41, 5.74) is 6.99. The Labute approximate surface area is 91.2 Å². The van der Waals surface area contributed by atoms with Gasteiger partial charge in [-0.1, -0.05) is 6.08 Å². The number of aryl methyl sites for hydroxylation is 1. The van der Waals surface area contributed by atoms with Crippen LogP contribution in [0.1, 0.15) is 16.5 Å². The molecule has 0 radical (unpaired) electrons. The molecule has 1 aromatic rings. The van der Waals surface area contributed by atoms with Gasteiger partial charge < -0.3 is 5.73 Å². The molecule has 0 bridgehead atoms. The third kappa shape index (κ3) is 2.59. The molecular weight excluding hydrogens is 258 g/mol. The lowest BCUT2D eigenvalue weighted by Gasteiger charge is -1.99. The highest BCUT2D eigenvalue weighted by atomic mass is 79.9. The van der Waals surface area contributed by atoms with Gasteiger partial charge in [0.05, 0.1) is 9.83 Å². The van der Waals surface area contributed by atoms with Crippen molar-refractivity contribution >= 4 is 39.7 Å². The zero-order valence-corrected chi connectivity index (χ0v) is 9.93. The first-order valence-corrected chi connectivity index (χ1v) is 4.90. The van der Waals surface area contributed by atoms with Crippen molar-refractivity contribution in [1.29, 1.82) is 0 Å². The molecule has 0 spiro atoms. The fraction of sp³-hybridized carbons (Fsp3) is 0.250. The van der Waals surface area contributed by atoms with Crippen LogP contribution in [-0.2, 0) is 0 Å². The Morgan fingerprint density at radius 3 is 2.67 bits per heavy atom. The van der Waals surface area contributed by atoms with Crippen molar-refractivity contribution in [3.63, 3.8) is 0 Å². The Bertz CT molecular complexity index is 253. The summed E-state index contributed by atoms with van der Waals surface area (Å²) in [7, 11) is 0. The molecule has 1 atom stereocenters. The predicted octanol–water partition coefficient (Wildman–Crippen LogP) is 3.43. The number of hydrogen-bond acceptors (Lipinski definition) is 2. The first kappa shape index (κ1) is 12.2. The summed E-state index contributed by atoms with van der Waals surface area (Å²) in [5, 5.41) is 0. The highest BCUT2D eigenvalue weighted by Crippen LogP contribution is 2.30. The maximum atomic E-state index is 5.75. The Morgan fingerprint density at radius 2 is 2.33 bits per heavy atom. The number of nitrogens with two attached hydrogens (primary N) is 1. The highest BCUT2D eigenvalue weighted by Gasteiger charge is 2.06. The van der Waals surface area contributed by atoms with Gasteiger partial charge in [0.2, 0.25) is 0 Å². The van der Waals surface area contributed by atoms with E-state index in [1.165, 1.54) is 5.56 Å². The van der Waals surface area contributed by atoms with E-state index in [1.54, 1.807) is 17.4 Å². The molecule has 0 saturated heterocycles. The van der Waals surface area contributed by atoms with Gasteiger partial charge in [-0.3, -0.25) is 0 Å². The molecule has 0 saturated carbocycles. The van der Waals surface area contributed by atoms with Crippen molar-refractivity contribution in [3.8, 4) is 0 Å². The molecule has 0 aromatic carbocycles. The van der Waals surface area contributed by atoms with Crippen LogP contribution in [0.4, 0.5) is 0 Å². The van der Waals surface area contributed by atoms with Crippen LogP contribution in [0, 0.1) is 6.92 Å². The minimum atomic E-state index is -0.0231. The van der Waals surface area contributed by atoms with E-state index in [2.05, 4.69) is 35.5 Å². The van der Waals surface area contributed by atoms with E-state index in [4.69, 9.17) is 5.73 Å². The Kier molecular flexibility index (Phi) is 5.09. The Morgan fingerprint density at radius 1 is 1.75 bits per heavy atom. The third-order valence-electron chi connectivity index (χ3n) is 1.46. The van der Waals surface area contributed by atoms with Gasteiger partial charge in [-0.15, -0.1) is 30.3 Å². The number of thiophene rings is 1. The Balaban J connectivity index is 0.00000121. The van der Waals surface area contributed by atoms with Gasteiger partial charge >= 0.3 is 0 Å². The maximum Gasteiger partial charge on any atom is 0.0731 e. The second kappa shape index (κ2) is 5.02.